The number of aromatic nitrogens is 3. The van der Waals surface area contributed by atoms with Gasteiger partial charge in [-0.1, -0.05) is 18.2 Å². The van der Waals surface area contributed by atoms with Gasteiger partial charge in [-0.2, -0.15) is 15.0 Å². The number of nitrogen functional groups attached to an aromatic ring is 1. The first kappa shape index (κ1) is 27.6. The predicted molar refractivity (Wildman–Crippen MR) is 159 cm³/mol. The Morgan fingerprint density at radius 1 is 1.10 bits per heavy atom. The summed E-state index contributed by atoms with van der Waals surface area (Å²) in [6, 6.07) is 16.2. The number of nitrogens with two attached hydrogens (primary N) is 1. The molecule has 5 N–H and O–H groups in total. The van der Waals surface area contributed by atoms with Crippen molar-refractivity contribution in [2.24, 2.45) is 0 Å². The SMILES string of the molecule is CN(CCO)c1ccc(Nc2nc(N)nc(-c3cccc(N4CCc5cc(C6CC6)cc(F)c5C4=O)c3CO)n2)cc1. The largest absolute Gasteiger partial charge is 0.395 e. The zero-order valence-electron chi connectivity index (χ0n) is 23.2. The third kappa shape index (κ3) is 5.36. The predicted octanol–water partition coefficient (Wildman–Crippen LogP) is 4.00. The van der Waals surface area contributed by atoms with E-state index >= 15 is 4.39 Å². The second-order valence-electron chi connectivity index (χ2n) is 10.6. The Bertz CT molecular complexity index is 1640. The summed E-state index contributed by atoms with van der Waals surface area (Å²) in [5.74, 6) is -0.137. The minimum absolute atomic E-state index is 0.0207. The maximum Gasteiger partial charge on any atom is 0.261 e. The number of rotatable bonds is 9. The molecule has 2 heterocycles. The molecule has 0 spiro atoms. The summed E-state index contributed by atoms with van der Waals surface area (Å²) in [4.78, 5) is 30.1. The molecule has 10 nitrogen and oxygen atoms in total. The highest BCUT2D eigenvalue weighted by Gasteiger charge is 2.33. The van der Waals surface area contributed by atoms with Gasteiger partial charge in [0.1, 0.15) is 5.82 Å². The van der Waals surface area contributed by atoms with E-state index in [4.69, 9.17) is 5.73 Å². The number of nitrogens with zero attached hydrogens (tertiary/aromatic N) is 5. The number of carbonyl (C=O) groups is 1. The molecule has 0 saturated heterocycles. The molecule has 1 aliphatic heterocycles. The van der Waals surface area contributed by atoms with Crippen LogP contribution < -0.4 is 20.9 Å². The summed E-state index contributed by atoms with van der Waals surface area (Å²) in [5, 5.41) is 22.8. The minimum atomic E-state index is -0.500. The normalized spacial score (nSPS) is 14.6. The van der Waals surface area contributed by atoms with Crippen molar-refractivity contribution in [2.45, 2.75) is 31.8 Å². The number of anilines is 5. The van der Waals surface area contributed by atoms with Crippen LogP contribution in [0.25, 0.3) is 11.4 Å². The van der Waals surface area contributed by atoms with E-state index in [-0.39, 0.29) is 29.9 Å². The molecule has 1 aromatic heterocycles. The lowest BCUT2D eigenvalue weighted by atomic mass is 9.93. The molecular formula is C31H32FN7O3. The van der Waals surface area contributed by atoms with Crippen molar-refractivity contribution in [3.63, 3.8) is 0 Å². The first-order valence-electron chi connectivity index (χ1n) is 13.9. The van der Waals surface area contributed by atoms with E-state index in [2.05, 4.69) is 20.3 Å². The van der Waals surface area contributed by atoms with E-state index in [0.29, 0.717) is 47.9 Å². The molecule has 11 heteroatoms. The first-order valence-corrected chi connectivity index (χ1v) is 13.9. The van der Waals surface area contributed by atoms with Crippen molar-refractivity contribution in [1.82, 2.24) is 15.0 Å². The monoisotopic (exact) mass is 569 g/mol. The second kappa shape index (κ2) is 11.3. The van der Waals surface area contributed by atoms with Crippen LogP contribution in [0.4, 0.5) is 33.3 Å². The molecule has 1 fully saturated rings. The summed E-state index contributed by atoms with van der Waals surface area (Å²) in [7, 11) is 1.89. The van der Waals surface area contributed by atoms with Gasteiger partial charge in [0.15, 0.2) is 5.82 Å². The fourth-order valence-corrected chi connectivity index (χ4v) is 5.45. The van der Waals surface area contributed by atoms with Gasteiger partial charge in [0.2, 0.25) is 11.9 Å². The maximum atomic E-state index is 15.2. The summed E-state index contributed by atoms with van der Waals surface area (Å²) in [6.07, 6.45) is 2.62. The molecule has 6 rings (SSSR count). The molecular weight excluding hydrogens is 537 g/mol. The van der Waals surface area contributed by atoms with Gasteiger partial charge in [-0.3, -0.25) is 4.79 Å². The van der Waals surface area contributed by atoms with E-state index in [9.17, 15) is 15.0 Å². The molecule has 0 bridgehead atoms. The van der Waals surface area contributed by atoms with Crippen LogP contribution in [0, 0.1) is 5.82 Å². The lowest BCUT2D eigenvalue weighted by Gasteiger charge is -2.31. The Hall–Kier alpha value is -4.61. The summed E-state index contributed by atoms with van der Waals surface area (Å²) >= 11 is 0. The van der Waals surface area contributed by atoms with Crippen LogP contribution in [0.3, 0.4) is 0 Å². The number of hydrogen-bond acceptors (Lipinski definition) is 9. The van der Waals surface area contributed by atoms with Crippen LogP contribution in [-0.2, 0) is 13.0 Å². The number of likely N-dealkylation sites (N-methyl/N-ethyl adjacent to an activating group) is 1. The van der Waals surface area contributed by atoms with Crippen LogP contribution in [-0.4, -0.2) is 57.8 Å². The summed E-state index contributed by atoms with van der Waals surface area (Å²) < 4.78 is 15.2. The van der Waals surface area contributed by atoms with Crippen LogP contribution >= 0.6 is 0 Å². The number of aliphatic hydroxyl groups excluding tert-OH is 2. The van der Waals surface area contributed by atoms with Crippen molar-refractivity contribution >= 4 is 34.9 Å². The average Bonchev–Trinajstić information content (AvgIpc) is 3.83. The quantitative estimate of drug-likeness (QED) is 0.235. The van der Waals surface area contributed by atoms with Gasteiger partial charge in [0.05, 0.1) is 24.5 Å². The molecule has 1 saturated carbocycles. The van der Waals surface area contributed by atoms with Crippen LogP contribution in [0.1, 0.15) is 45.8 Å². The van der Waals surface area contributed by atoms with Gasteiger partial charge in [0.25, 0.3) is 5.91 Å². The van der Waals surface area contributed by atoms with E-state index < -0.39 is 18.3 Å². The fraction of sp³-hybridized carbons (Fsp3) is 0.290. The Morgan fingerprint density at radius 3 is 2.60 bits per heavy atom. The molecule has 0 unspecified atom stereocenters. The van der Waals surface area contributed by atoms with Crippen molar-refractivity contribution in [3.8, 4) is 11.4 Å². The second-order valence-corrected chi connectivity index (χ2v) is 10.6. The summed E-state index contributed by atoms with van der Waals surface area (Å²) in [6.45, 7) is 0.518. The highest BCUT2D eigenvalue weighted by atomic mass is 19.1. The van der Waals surface area contributed by atoms with Crippen molar-refractivity contribution in [3.05, 3.63) is 82.7 Å². The van der Waals surface area contributed by atoms with Crippen molar-refractivity contribution in [1.29, 1.82) is 0 Å². The number of fused-ring (bicyclic) bond motifs is 1. The number of halogens is 1. The van der Waals surface area contributed by atoms with E-state index in [1.54, 1.807) is 18.2 Å². The third-order valence-corrected chi connectivity index (χ3v) is 7.80. The van der Waals surface area contributed by atoms with Gasteiger partial charge in [-0.05, 0) is 72.7 Å². The van der Waals surface area contributed by atoms with Gasteiger partial charge in [-0.15, -0.1) is 0 Å². The Labute approximate surface area is 242 Å². The molecule has 0 atom stereocenters. The molecule has 1 amide bonds. The number of carbonyl (C=O) groups excluding carboxylic acids is 1. The van der Waals surface area contributed by atoms with E-state index in [0.717, 1.165) is 29.7 Å². The average molecular weight is 570 g/mol. The molecule has 42 heavy (non-hydrogen) atoms. The molecule has 4 aromatic rings. The highest BCUT2D eigenvalue weighted by molar-refractivity contribution is 6.09. The topological polar surface area (TPSA) is 141 Å². The number of amides is 1. The number of hydrogen-bond donors (Lipinski definition) is 4. The Balaban J connectivity index is 1.30. The third-order valence-electron chi connectivity index (χ3n) is 7.80. The van der Waals surface area contributed by atoms with Crippen molar-refractivity contribution < 1.29 is 19.4 Å². The minimum Gasteiger partial charge on any atom is -0.395 e. The lowest BCUT2D eigenvalue weighted by molar-refractivity contribution is 0.0976. The highest BCUT2D eigenvalue weighted by Crippen LogP contribution is 2.42. The Morgan fingerprint density at radius 2 is 1.88 bits per heavy atom. The smallest absolute Gasteiger partial charge is 0.261 e. The number of benzene rings is 3. The molecule has 2 aliphatic rings. The van der Waals surface area contributed by atoms with E-state index in [1.807, 2.05) is 42.3 Å². The lowest BCUT2D eigenvalue weighted by Crippen LogP contribution is -2.39. The van der Waals surface area contributed by atoms with Crippen molar-refractivity contribution in [2.75, 3.05) is 47.6 Å². The molecule has 1 aliphatic carbocycles. The zero-order chi connectivity index (χ0) is 29.4. The van der Waals surface area contributed by atoms with Crippen LogP contribution in [0.2, 0.25) is 0 Å². The van der Waals surface area contributed by atoms with Crippen LogP contribution in [0.5, 0.6) is 0 Å². The first-order chi connectivity index (χ1) is 20.4. The number of nitrogens with one attached hydrogen (secondary N) is 1. The van der Waals surface area contributed by atoms with Gasteiger partial charge < -0.3 is 31.1 Å². The number of aliphatic hydroxyl groups is 2. The maximum absolute atomic E-state index is 15.2. The van der Waals surface area contributed by atoms with Gasteiger partial charge in [0, 0.05) is 42.6 Å². The van der Waals surface area contributed by atoms with Gasteiger partial charge in [-0.25, -0.2) is 4.39 Å². The fourth-order valence-electron chi connectivity index (χ4n) is 5.45. The molecule has 3 aromatic carbocycles. The molecule has 216 valence electrons. The molecule has 0 radical (unpaired) electrons. The zero-order valence-corrected chi connectivity index (χ0v) is 23.2. The summed E-state index contributed by atoms with van der Waals surface area (Å²) in [5.41, 5.74) is 10.9. The Kier molecular flexibility index (Phi) is 7.44. The van der Waals surface area contributed by atoms with Crippen LogP contribution in [0.15, 0.2) is 54.6 Å². The van der Waals surface area contributed by atoms with Gasteiger partial charge >= 0.3 is 0 Å². The van der Waals surface area contributed by atoms with E-state index in [1.165, 1.54) is 11.0 Å². The standard InChI is InChI=1S/C31H32FN7O3/c1-38(13-14-40)22-9-7-21(8-10-22)34-31-36-28(35-30(33)37-31)23-3-2-4-26(24(23)17-41)39-12-11-19-15-20(18-5-6-18)16-25(32)27(19)29(39)42/h2-4,7-10,15-16,18,40-41H,5-6,11-14,17H2,1H3,(H3,33,34,35,36,37).